The highest BCUT2D eigenvalue weighted by atomic mass is 19.4. The van der Waals surface area contributed by atoms with Crippen LogP contribution in [0.3, 0.4) is 0 Å². The lowest BCUT2D eigenvalue weighted by molar-refractivity contribution is -0.137. The number of carbonyl (C=O) groups excluding carboxylic acids is 1. The van der Waals surface area contributed by atoms with E-state index in [1.54, 1.807) is 18.2 Å². The van der Waals surface area contributed by atoms with Crippen molar-refractivity contribution >= 4 is 23.1 Å². The van der Waals surface area contributed by atoms with Crippen molar-refractivity contribution in [3.63, 3.8) is 0 Å². The Hall–Kier alpha value is -3.86. The van der Waals surface area contributed by atoms with Crippen LogP contribution in [0.2, 0.25) is 0 Å². The molecule has 2 N–H and O–H groups in total. The van der Waals surface area contributed by atoms with Crippen LogP contribution < -0.4 is 10.6 Å². The van der Waals surface area contributed by atoms with Gasteiger partial charge in [-0.05, 0) is 48.5 Å². The standard InChI is InChI=1S/C20H13F3N4O/c21-20(22,23)15-4-2-6-17(11-15)26-18-10-14(7-8-25-18)19(28)27-16-5-1-3-13(9-16)12-24/h1-11H,(H,25,26)(H,27,28). The van der Waals surface area contributed by atoms with E-state index in [9.17, 15) is 18.0 Å². The van der Waals surface area contributed by atoms with E-state index in [0.717, 1.165) is 12.1 Å². The molecular formula is C20H13F3N4O. The first kappa shape index (κ1) is 18.9. The number of nitriles is 1. The van der Waals surface area contributed by atoms with Gasteiger partial charge in [0, 0.05) is 23.1 Å². The highest BCUT2D eigenvalue weighted by molar-refractivity contribution is 6.04. The molecule has 28 heavy (non-hydrogen) atoms. The van der Waals surface area contributed by atoms with E-state index >= 15 is 0 Å². The molecular weight excluding hydrogens is 369 g/mol. The minimum Gasteiger partial charge on any atom is -0.340 e. The Bertz CT molecular complexity index is 1060. The SMILES string of the molecule is N#Cc1cccc(NC(=O)c2ccnc(Nc3cccc(C(F)(F)F)c3)c2)c1. The van der Waals surface area contributed by atoms with Crippen molar-refractivity contribution in [3.8, 4) is 6.07 Å². The monoisotopic (exact) mass is 382 g/mol. The van der Waals surface area contributed by atoms with Crippen LogP contribution in [0.1, 0.15) is 21.5 Å². The van der Waals surface area contributed by atoms with Gasteiger partial charge in [-0.3, -0.25) is 4.79 Å². The minimum atomic E-state index is -4.45. The molecule has 0 saturated carbocycles. The number of nitrogens with one attached hydrogen (secondary N) is 2. The van der Waals surface area contributed by atoms with Crippen LogP contribution >= 0.6 is 0 Å². The van der Waals surface area contributed by atoms with E-state index in [-0.39, 0.29) is 17.1 Å². The number of carbonyl (C=O) groups is 1. The lowest BCUT2D eigenvalue weighted by Gasteiger charge is -2.11. The van der Waals surface area contributed by atoms with Crippen molar-refractivity contribution < 1.29 is 18.0 Å². The van der Waals surface area contributed by atoms with Crippen molar-refractivity contribution in [3.05, 3.63) is 83.6 Å². The zero-order valence-corrected chi connectivity index (χ0v) is 14.3. The third-order valence-electron chi connectivity index (χ3n) is 3.73. The summed E-state index contributed by atoms with van der Waals surface area (Å²) in [5.74, 6) is -0.220. The summed E-state index contributed by atoms with van der Waals surface area (Å²) >= 11 is 0. The van der Waals surface area contributed by atoms with Gasteiger partial charge in [0.15, 0.2) is 0 Å². The molecule has 3 aromatic rings. The molecule has 1 heterocycles. The summed E-state index contributed by atoms with van der Waals surface area (Å²) in [6.45, 7) is 0. The molecule has 5 nitrogen and oxygen atoms in total. The number of rotatable bonds is 4. The number of amides is 1. The number of aromatic nitrogens is 1. The predicted octanol–water partition coefficient (Wildman–Crippen LogP) is 4.97. The average molecular weight is 382 g/mol. The van der Waals surface area contributed by atoms with Gasteiger partial charge in [0.2, 0.25) is 0 Å². The van der Waals surface area contributed by atoms with Crippen molar-refractivity contribution in [1.29, 1.82) is 5.26 Å². The van der Waals surface area contributed by atoms with Crippen LogP contribution in [-0.4, -0.2) is 10.9 Å². The molecule has 2 aromatic carbocycles. The van der Waals surface area contributed by atoms with Gasteiger partial charge < -0.3 is 10.6 Å². The Morgan fingerprint density at radius 1 is 1.00 bits per heavy atom. The Balaban J connectivity index is 1.77. The van der Waals surface area contributed by atoms with Crippen LogP contribution in [0.4, 0.5) is 30.4 Å². The zero-order chi connectivity index (χ0) is 20.1. The van der Waals surface area contributed by atoms with E-state index in [1.807, 2.05) is 6.07 Å². The number of halogens is 3. The smallest absolute Gasteiger partial charge is 0.340 e. The fourth-order valence-corrected chi connectivity index (χ4v) is 2.43. The lowest BCUT2D eigenvalue weighted by Crippen LogP contribution is -2.12. The first-order valence-corrected chi connectivity index (χ1v) is 8.07. The Morgan fingerprint density at radius 2 is 1.75 bits per heavy atom. The third-order valence-corrected chi connectivity index (χ3v) is 3.73. The molecule has 0 aliphatic rings. The van der Waals surface area contributed by atoms with Crippen LogP contribution in [0, 0.1) is 11.3 Å². The third kappa shape index (κ3) is 4.65. The Kier molecular flexibility index (Phi) is 5.27. The fourth-order valence-electron chi connectivity index (χ4n) is 2.43. The number of nitrogens with zero attached hydrogens (tertiary/aromatic N) is 2. The minimum absolute atomic E-state index is 0.196. The fraction of sp³-hybridized carbons (Fsp3) is 0.0500. The van der Waals surface area contributed by atoms with E-state index < -0.39 is 17.6 Å². The quantitative estimate of drug-likeness (QED) is 0.668. The molecule has 1 aromatic heterocycles. The summed E-state index contributed by atoms with van der Waals surface area (Å²) < 4.78 is 38.5. The normalized spacial score (nSPS) is 10.8. The number of hydrogen-bond acceptors (Lipinski definition) is 4. The second-order valence-corrected chi connectivity index (χ2v) is 5.78. The summed E-state index contributed by atoms with van der Waals surface area (Å²) in [5, 5.41) is 14.3. The maximum absolute atomic E-state index is 12.8. The van der Waals surface area contributed by atoms with Gasteiger partial charge in [-0.2, -0.15) is 18.4 Å². The number of anilines is 3. The van der Waals surface area contributed by atoms with Gasteiger partial charge in [0.25, 0.3) is 5.91 Å². The molecule has 0 unspecified atom stereocenters. The molecule has 3 rings (SSSR count). The van der Waals surface area contributed by atoms with E-state index in [2.05, 4.69) is 15.6 Å². The first-order valence-electron chi connectivity index (χ1n) is 8.07. The molecule has 0 aliphatic carbocycles. The van der Waals surface area contributed by atoms with Crippen LogP contribution in [0.25, 0.3) is 0 Å². The predicted molar refractivity (Wildman–Crippen MR) is 98.1 cm³/mol. The summed E-state index contributed by atoms with van der Waals surface area (Å²) in [6.07, 6.45) is -3.08. The van der Waals surface area contributed by atoms with Gasteiger partial charge in [0.05, 0.1) is 17.2 Å². The largest absolute Gasteiger partial charge is 0.416 e. The van der Waals surface area contributed by atoms with E-state index in [0.29, 0.717) is 11.3 Å². The van der Waals surface area contributed by atoms with E-state index in [1.165, 1.54) is 36.5 Å². The van der Waals surface area contributed by atoms with Gasteiger partial charge in [0.1, 0.15) is 5.82 Å². The second kappa shape index (κ2) is 7.80. The zero-order valence-electron chi connectivity index (χ0n) is 14.3. The molecule has 0 atom stereocenters. The maximum atomic E-state index is 12.8. The second-order valence-electron chi connectivity index (χ2n) is 5.78. The molecule has 140 valence electrons. The number of pyridine rings is 1. The molecule has 0 bridgehead atoms. The van der Waals surface area contributed by atoms with Crippen molar-refractivity contribution in [2.75, 3.05) is 10.6 Å². The highest BCUT2D eigenvalue weighted by Crippen LogP contribution is 2.31. The topological polar surface area (TPSA) is 77.8 Å². The lowest BCUT2D eigenvalue weighted by atomic mass is 10.2. The summed E-state index contributed by atoms with van der Waals surface area (Å²) in [7, 11) is 0. The van der Waals surface area contributed by atoms with Crippen molar-refractivity contribution in [1.82, 2.24) is 4.98 Å². The molecule has 0 saturated heterocycles. The Labute approximate surface area is 158 Å². The summed E-state index contributed by atoms with van der Waals surface area (Å²) in [5.41, 5.74) is 0.518. The van der Waals surface area contributed by atoms with Crippen molar-refractivity contribution in [2.24, 2.45) is 0 Å². The average Bonchev–Trinajstić information content (AvgIpc) is 2.68. The van der Waals surface area contributed by atoms with Crippen LogP contribution in [-0.2, 0) is 6.18 Å². The van der Waals surface area contributed by atoms with Crippen LogP contribution in [0.5, 0.6) is 0 Å². The maximum Gasteiger partial charge on any atom is 0.416 e. The van der Waals surface area contributed by atoms with Gasteiger partial charge in [-0.25, -0.2) is 4.98 Å². The molecule has 0 fully saturated rings. The van der Waals surface area contributed by atoms with Crippen molar-refractivity contribution in [2.45, 2.75) is 6.18 Å². The number of benzene rings is 2. The summed E-state index contributed by atoms with van der Waals surface area (Å²) in [6, 6.07) is 16.0. The molecule has 0 aliphatic heterocycles. The van der Waals surface area contributed by atoms with Gasteiger partial charge in [-0.15, -0.1) is 0 Å². The Morgan fingerprint density at radius 3 is 2.50 bits per heavy atom. The van der Waals surface area contributed by atoms with Gasteiger partial charge >= 0.3 is 6.18 Å². The van der Waals surface area contributed by atoms with E-state index in [4.69, 9.17) is 5.26 Å². The molecule has 1 amide bonds. The highest BCUT2D eigenvalue weighted by Gasteiger charge is 2.30. The first-order chi connectivity index (χ1) is 13.3. The molecule has 0 spiro atoms. The van der Waals surface area contributed by atoms with Gasteiger partial charge in [-0.1, -0.05) is 12.1 Å². The molecule has 8 heteroatoms. The summed E-state index contributed by atoms with van der Waals surface area (Å²) in [4.78, 5) is 16.4. The number of hydrogen-bond donors (Lipinski definition) is 2. The van der Waals surface area contributed by atoms with Crippen LogP contribution in [0.15, 0.2) is 66.9 Å². The molecule has 0 radical (unpaired) electrons. The number of alkyl halides is 3.